The topological polar surface area (TPSA) is 65.4 Å². The maximum atomic E-state index is 11.9. The van der Waals surface area contributed by atoms with Gasteiger partial charge >= 0.3 is 0 Å². The predicted molar refractivity (Wildman–Crippen MR) is 72.0 cm³/mol. The molecule has 1 aliphatic heterocycles. The molecule has 0 bridgehead atoms. The minimum Gasteiger partial charge on any atom is -0.497 e. The second kappa shape index (κ2) is 6.10. The molecule has 1 N–H and O–H groups in total. The Hall–Kier alpha value is -2.22. The molecule has 1 fully saturated rings. The standard InChI is InChI=1S/C14H17N3O2/c1-19-12-5-4-11(9-15)13(8-12)16-10-14(18)17-6-2-3-7-17/h4-5,8,16H,2-3,6-7,10H2,1H3. The molecule has 0 aliphatic carbocycles. The summed E-state index contributed by atoms with van der Waals surface area (Å²) in [5.74, 6) is 0.735. The van der Waals surface area contributed by atoms with Crippen molar-refractivity contribution in [1.82, 2.24) is 4.90 Å². The first kappa shape index (κ1) is 13.2. The van der Waals surface area contributed by atoms with Crippen molar-refractivity contribution in [3.05, 3.63) is 23.8 Å². The van der Waals surface area contributed by atoms with Crippen molar-refractivity contribution in [2.24, 2.45) is 0 Å². The van der Waals surface area contributed by atoms with Gasteiger partial charge in [-0.15, -0.1) is 0 Å². The van der Waals surface area contributed by atoms with Gasteiger partial charge in [0, 0.05) is 19.2 Å². The molecule has 5 nitrogen and oxygen atoms in total. The van der Waals surface area contributed by atoms with Gasteiger partial charge in [-0.2, -0.15) is 5.26 Å². The number of rotatable bonds is 4. The van der Waals surface area contributed by atoms with E-state index in [1.807, 2.05) is 4.90 Å². The molecule has 0 spiro atoms. The quantitative estimate of drug-likeness (QED) is 0.892. The van der Waals surface area contributed by atoms with E-state index in [0.29, 0.717) is 17.0 Å². The number of amides is 1. The lowest BCUT2D eigenvalue weighted by Gasteiger charge is -2.16. The molecule has 1 aromatic carbocycles. The number of carbonyl (C=O) groups excluding carboxylic acids is 1. The van der Waals surface area contributed by atoms with Crippen molar-refractivity contribution in [3.63, 3.8) is 0 Å². The second-order valence-corrected chi connectivity index (χ2v) is 4.46. The van der Waals surface area contributed by atoms with E-state index in [1.165, 1.54) is 0 Å². The normalized spacial score (nSPS) is 14.0. The summed E-state index contributed by atoms with van der Waals surface area (Å²) in [6.45, 7) is 1.88. The van der Waals surface area contributed by atoms with Crippen molar-refractivity contribution in [3.8, 4) is 11.8 Å². The predicted octanol–water partition coefficient (Wildman–Crippen LogP) is 1.60. The van der Waals surface area contributed by atoms with Crippen LogP contribution in [-0.2, 0) is 4.79 Å². The fourth-order valence-corrected chi connectivity index (χ4v) is 2.14. The van der Waals surface area contributed by atoms with Gasteiger partial charge in [0.1, 0.15) is 11.8 Å². The first-order valence-electron chi connectivity index (χ1n) is 6.34. The average molecular weight is 259 g/mol. The van der Waals surface area contributed by atoms with Crippen molar-refractivity contribution in [1.29, 1.82) is 5.26 Å². The molecule has 2 rings (SSSR count). The maximum absolute atomic E-state index is 11.9. The molecule has 100 valence electrons. The third-order valence-corrected chi connectivity index (χ3v) is 3.24. The van der Waals surface area contributed by atoms with E-state index in [1.54, 1.807) is 25.3 Å². The number of carbonyl (C=O) groups is 1. The highest BCUT2D eigenvalue weighted by Crippen LogP contribution is 2.21. The number of hydrogen-bond donors (Lipinski definition) is 1. The molecule has 0 unspecified atom stereocenters. The highest BCUT2D eigenvalue weighted by molar-refractivity contribution is 5.81. The van der Waals surface area contributed by atoms with Gasteiger partial charge in [-0.3, -0.25) is 4.79 Å². The van der Waals surface area contributed by atoms with Crippen LogP contribution in [0.3, 0.4) is 0 Å². The van der Waals surface area contributed by atoms with E-state index >= 15 is 0 Å². The van der Waals surface area contributed by atoms with Crippen molar-refractivity contribution >= 4 is 11.6 Å². The monoisotopic (exact) mass is 259 g/mol. The summed E-state index contributed by atoms with van der Waals surface area (Å²) >= 11 is 0. The van der Waals surface area contributed by atoms with Gasteiger partial charge in [-0.05, 0) is 25.0 Å². The molecular weight excluding hydrogens is 242 g/mol. The molecule has 1 heterocycles. The summed E-state index contributed by atoms with van der Waals surface area (Å²) in [6.07, 6.45) is 2.16. The van der Waals surface area contributed by atoms with E-state index in [9.17, 15) is 4.79 Å². The number of benzene rings is 1. The van der Waals surface area contributed by atoms with Gasteiger partial charge in [0.15, 0.2) is 0 Å². The molecular formula is C14H17N3O2. The highest BCUT2D eigenvalue weighted by Gasteiger charge is 2.17. The van der Waals surface area contributed by atoms with E-state index < -0.39 is 0 Å². The van der Waals surface area contributed by atoms with Gasteiger partial charge in [-0.1, -0.05) is 0 Å². The van der Waals surface area contributed by atoms with Gasteiger partial charge < -0.3 is 15.0 Å². The number of hydrogen-bond acceptors (Lipinski definition) is 4. The third kappa shape index (κ3) is 3.16. The molecule has 1 amide bonds. The van der Waals surface area contributed by atoms with Crippen molar-refractivity contribution in [2.45, 2.75) is 12.8 Å². The van der Waals surface area contributed by atoms with Crippen molar-refractivity contribution in [2.75, 3.05) is 32.1 Å². The van der Waals surface area contributed by atoms with Crippen LogP contribution in [0.1, 0.15) is 18.4 Å². The van der Waals surface area contributed by atoms with Gasteiger partial charge in [-0.25, -0.2) is 0 Å². The lowest BCUT2D eigenvalue weighted by molar-refractivity contribution is -0.128. The van der Waals surface area contributed by atoms with Crippen LogP contribution in [0.5, 0.6) is 5.75 Å². The van der Waals surface area contributed by atoms with Crippen molar-refractivity contribution < 1.29 is 9.53 Å². The zero-order valence-corrected chi connectivity index (χ0v) is 11.0. The zero-order chi connectivity index (χ0) is 13.7. The van der Waals surface area contributed by atoms with E-state index in [0.717, 1.165) is 25.9 Å². The largest absolute Gasteiger partial charge is 0.497 e. The Bertz CT molecular complexity index is 502. The Morgan fingerprint density at radius 2 is 2.21 bits per heavy atom. The summed E-state index contributed by atoms with van der Waals surface area (Å²) < 4.78 is 5.12. The number of ether oxygens (including phenoxy) is 1. The highest BCUT2D eigenvalue weighted by atomic mass is 16.5. The first-order chi connectivity index (χ1) is 9.24. The number of anilines is 1. The van der Waals surface area contributed by atoms with Crippen LogP contribution < -0.4 is 10.1 Å². The lowest BCUT2D eigenvalue weighted by Crippen LogP contribution is -2.33. The summed E-state index contributed by atoms with van der Waals surface area (Å²) in [4.78, 5) is 13.8. The Morgan fingerprint density at radius 1 is 1.47 bits per heavy atom. The average Bonchev–Trinajstić information content (AvgIpc) is 2.98. The van der Waals surface area contributed by atoms with E-state index in [4.69, 9.17) is 10.00 Å². The Balaban J connectivity index is 2.01. The van der Waals surface area contributed by atoms with Gasteiger partial charge in [0.25, 0.3) is 0 Å². The summed E-state index contributed by atoms with van der Waals surface area (Å²) in [5.41, 5.74) is 1.14. The maximum Gasteiger partial charge on any atom is 0.241 e. The smallest absolute Gasteiger partial charge is 0.241 e. The third-order valence-electron chi connectivity index (χ3n) is 3.24. The minimum absolute atomic E-state index is 0.0733. The number of methoxy groups -OCH3 is 1. The van der Waals surface area contributed by atoms with Crippen LogP contribution in [-0.4, -0.2) is 37.6 Å². The summed E-state index contributed by atoms with van der Waals surface area (Å²) in [7, 11) is 1.57. The van der Waals surface area contributed by atoms with Crippen LogP contribution in [0.2, 0.25) is 0 Å². The molecule has 1 aliphatic rings. The molecule has 0 aromatic heterocycles. The molecule has 5 heteroatoms. The fourth-order valence-electron chi connectivity index (χ4n) is 2.14. The second-order valence-electron chi connectivity index (χ2n) is 4.46. The minimum atomic E-state index is 0.0733. The van der Waals surface area contributed by atoms with Crippen LogP contribution in [0.15, 0.2) is 18.2 Å². The SMILES string of the molecule is COc1ccc(C#N)c(NCC(=O)N2CCCC2)c1. The van der Waals surface area contributed by atoms with Crippen LogP contribution >= 0.6 is 0 Å². The zero-order valence-electron chi connectivity index (χ0n) is 11.0. The number of nitrogens with zero attached hydrogens (tertiary/aromatic N) is 2. The molecule has 0 saturated carbocycles. The molecule has 1 aromatic rings. The fraction of sp³-hybridized carbons (Fsp3) is 0.429. The Morgan fingerprint density at radius 3 is 2.84 bits per heavy atom. The number of nitrogens with one attached hydrogen (secondary N) is 1. The van der Waals surface area contributed by atoms with E-state index in [-0.39, 0.29) is 12.5 Å². The molecule has 1 saturated heterocycles. The summed E-state index contributed by atoms with van der Waals surface area (Å²) in [6, 6.07) is 7.24. The van der Waals surface area contributed by atoms with Gasteiger partial charge in [0.05, 0.1) is 24.9 Å². The molecule has 0 radical (unpaired) electrons. The van der Waals surface area contributed by atoms with Crippen LogP contribution in [0, 0.1) is 11.3 Å². The first-order valence-corrected chi connectivity index (χ1v) is 6.34. The number of likely N-dealkylation sites (tertiary alicyclic amines) is 1. The lowest BCUT2D eigenvalue weighted by atomic mass is 10.2. The Labute approximate surface area is 112 Å². The van der Waals surface area contributed by atoms with E-state index in [2.05, 4.69) is 11.4 Å². The molecule has 0 atom stereocenters. The Kier molecular flexibility index (Phi) is 4.24. The summed E-state index contributed by atoms with van der Waals surface area (Å²) in [5, 5.41) is 12.1. The number of nitriles is 1. The van der Waals surface area contributed by atoms with Crippen LogP contribution in [0.4, 0.5) is 5.69 Å². The molecule has 19 heavy (non-hydrogen) atoms. The van der Waals surface area contributed by atoms with Gasteiger partial charge in [0.2, 0.25) is 5.91 Å². The van der Waals surface area contributed by atoms with Crippen LogP contribution in [0.25, 0.3) is 0 Å².